The van der Waals surface area contributed by atoms with Crippen molar-refractivity contribution < 1.29 is 61.5 Å². The molecule has 1 amide bonds. The topological polar surface area (TPSA) is 209 Å². The highest BCUT2D eigenvalue weighted by Gasteiger charge is 2.52. The molecule has 2 saturated heterocycles. The highest BCUT2D eigenvalue weighted by molar-refractivity contribution is 7.39. The van der Waals surface area contributed by atoms with Gasteiger partial charge in [-0.05, 0) is 32.6 Å². The zero-order valence-electron chi connectivity index (χ0n) is 27.4. The van der Waals surface area contributed by atoms with Crippen LogP contribution in [0.1, 0.15) is 61.2 Å². The molecule has 3 aliphatic rings. The molecule has 1 aromatic carbocycles. The average Bonchev–Trinajstić information content (AvgIpc) is 3.39. The lowest BCUT2D eigenvalue weighted by molar-refractivity contribution is -0.456. The zero-order chi connectivity index (χ0) is 35.2. The van der Waals surface area contributed by atoms with Gasteiger partial charge in [0.1, 0.15) is 12.4 Å². The lowest BCUT2D eigenvalue weighted by atomic mass is 9.90. The van der Waals surface area contributed by atoms with E-state index in [9.17, 15) is 9.36 Å². The Hall–Kier alpha value is -2.21. The van der Waals surface area contributed by atoms with Crippen molar-refractivity contribution in [1.29, 1.82) is 5.41 Å². The van der Waals surface area contributed by atoms with Crippen LogP contribution >= 0.6 is 28.2 Å². The van der Waals surface area contributed by atoms with Crippen molar-refractivity contribution in [2.24, 2.45) is 5.41 Å². The monoisotopic (exact) mass is 746 g/mol. The Morgan fingerprint density at radius 3 is 2.29 bits per heavy atom. The normalized spacial score (nSPS) is 26.8. The maximum absolute atomic E-state index is 12.4. The van der Waals surface area contributed by atoms with Crippen LogP contribution < -0.4 is 10.1 Å². The molecule has 1 aliphatic carbocycles. The Kier molecular flexibility index (Phi) is 12.7. The standard InChI is InChI=1S/C30H41N3O13P2S/c1-4-29(39-15-25(34)32-27(45-47(35)36)46-48(37)38)40-16-28(17-41-29)18-42-30(5-2,43-19-28)44-23(21-12-10-20(3)11-13-21)14-33-22-8-6-7-9-24(22)49-26(33)31/h10-14,27,31,35-36H,4-9,15-19H2,1-3H3,(H-,32,34,37,38)/p+1/b23-14-,31-26?. The molecule has 0 bridgehead atoms. The van der Waals surface area contributed by atoms with E-state index in [1.54, 1.807) is 6.92 Å². The number of thiazole rings is 1. The van der Waals surface area contributed by atoms with Gasteiger partial charge in [-0.3, -0.25) is 19.3 Å². The van der Waals surface area contributed by atoms with Crippen LogP contribution in [0, 0.1) is 17.7 Å². The van der Waals surface area contributed by atoms with Crippen molar-refractivity contribution in [1.82, 2.24) is 9.88 Å². The van der Waals surface area contributed by atoms with Gasteiger partial charge in [-0.1, -0.05) is 48.2 Å². The number of aryl methyl sites for hydroxylation is 2. The summed E-state index contributed by atoms with van der Waals surface area (Å²) in [4.78, 5) is 41.0. The summed E-state index contributed by atoms with van der Waals surface area (Å²) in [6.45, 7) is 5.53. The van der Waals surface area contributed by atoms with Crippen LogP contribution in [0.4, 0.5) is 0 Å². The molecule has 5 rings (SSSR count). The lowest BCUT2D eigenvalue weighted by Crippen LogP contribution is -2.60. The molecular formula is C30H42N3O13P2S+. The van der Waals surface area contributed by atoms with E-state index in [4.69, 9.17) is 48.5 Å². The first-order valence-corrected chi connectivity index (χ1v) is 18.9. The summed E-state index contributed by atoms with van der Waals surface area (Å²) in [5, 5.41) is 10.7. The van der Waals surface area contributed by atoms with Crippen molar-refractivity contribution in [2.45, 2.75) is 77.7 Å². The number of nitrogens with one attached hydrogen (secondary N) is 2. The molecule has 2 unspecified atom stereocenters. The SMILES string of the molecule is CCC1(OCC(=O)NC(OP(O)O)O[P+](=O)O)OCC2(CO1)COC(CC)(O/C(=C\n1c3c(sc1=N)CCCC3)c1ccc(C)cc1)OC2. The molecule has 0 radical (unpaired) electrons. The van der Waals surface area contributed by atoms with Crippen molar-refractivity contribution in [3.05, 3.63) is 50.8 Å². The van der Waals surface area contributed by atoms with E-state index < -0.39 is 53.1 Å². The predicted octanol–water partition coefficient (Wildman–Crippen LogP) is 3.71. The van der Waals surface area contributed by atoms with Gasteiger partial charge in [0.05, 0.1) is 38.0 Å². The largest absolute Gasteiger partial charge is 0.699 e. The first kappa shape index (κ1) is 38.0. The number of hydrogen-bond donors (Lipinski definition) is 5. The van der Waals surface area contributed by atoms with Crippen LogP contribution in [0.5, 0.6) is 0 Å². The Bertz CT molecular complexity index is 1550. The van der Waals surface area contributed by atoms with Crippen LogP contribution in [-0.2, 0) is 59.7 Å². The Labute approximate surface area is 289 Å². The van der Waals surface area contributed by atoms with E-state index in [-0.39, 0.29) is 32.8 Å². The summed E-state index contributed by atoms with van der Waals surface area (Å²) in [6, 6.07) is 7.93. The number of carbonyl (C=O) groups is 1. The maximum atomic E-state index is 12.4. The van der Waals surface area contributed by atoms with Gasteiger partial charge in [0.15, 0.2) is 4.80 Å². The zero-order valence-corrected chi connectivity index (χ0v) is 30.0. The number of ether oxygens (including phenoxy) is 6. The fourth-order valence-corrected chi connectivity index (χ4v) is 7.17. The minimum atomic E-state index is -3.22. The van der Waals surface area contributed by atoms with Crippen LogP contribution in [0.3, 0.4) is 0 Å². The van der Waals surface area contributed by atoms with Gasteiger partial charge in [0.2, 0.25) is 5.91 Å². The van der Waals surface area contributed by atoms with Crippen LogP contribution in [0.25, 0.3) is 12.0 Å². The number of fused-ring (bicyclic) bond motifs is 1. The molecular weight excluding hydrogens is 704 g/mol. The van der Waals surface area contributed by atoms with Crippen molar-refractivity contribution >= 4 is 46.1 Å². The van der Waals surface area contributed by atoms with E-state index in [1.807, 2.05) is 48.9 Å². The second-order valence-electron chi connectivity index (χ2n) is 11.9. The van der Waals surface area contributed by atoms with E-state index in [2.05, 4.69) is 14.4 Å². The van der Waals surface area contributed by atoms with Crippen LogP contribution in [0.15, 0.2) is 24.3 Å². The van der Waals surface area contributed by atoms with Crippen LogP contribution in [-0.4, -0.2) is 76.5 Å². The third-order valence-corrected chi connectivity index (χ3v) is 10.1. The minimum Gasteiger partial charge on any atom is -0.437 e. The van der Waals surface area contributed by atoms with Gasteiger partial charge < -0.3 is 43.5 Å². The molecule has 5 N–H and O–H groups in total. The lowest BCUT2D eigenvalue weighted by Gasteiger charge is -2.49. The molecule has 2 atom stereocenters. The smallest absolute Gasteiger partial charge is 0.437 e. The molecule has 2 fully saturated rings. The van der Waals surface area contributed by atoms with Crippen molar-refractivity contribution in [2.75, 3.05) is 33.0 Å². The van der Waals surface area contributed by atoms with E-state index in [0.717, 1.165) is 42.5 Å². The molecule has 1 aromatic heterocycles. The van der Waals surface area contributed by atoms with Gasteiger partial charge in [-0.15, -0.1) is 16.2 Å². The molecule has 1 spiro atoms. The third-order valence-electron chi connectivity index (χ3n) is 8.30. The number of nitrogens with zero attached hydrogens (tertiary/aromatic N) is 1. The summed E-state index contributed by atoms with van der Waals surface area (Å²) in [7, 11) is -6.22. The molecule has 2 aromatic rings. The average molecular weight is 747 g/mol. The number of amides is 1. The fourth-order valence-electron chi connectivity index (χ4n) is 5.51. The van der Waals surface area contributed by atoms with Gasteiger partial charge in [-0.25, -0.2) is 0 Å². The number of rotatable bonds is 14. The van der Waals surface area contributed by atoms with E-state index in [1.165, 1.54) is 16.2 Å². The van der Waals surface area contributed by atoms with Gasteiger partial charge in [0.25, 0.3) is 5.97 Å². The first-order chi connectivity index (χ1) is 23.4. The Balaban J connectivity index is 1.24. The van der Waals surface area contributed by atoms with Gasteiger partial charge >= 0.3 is 29.2 Å². The molecule has 2 aliphatic heterocycles. The summed E-state index contributed by atoms with van der Waals surface area (Å²) in [5.41, 5.74) is 2.33. The summed E-state index contributed by atoms with van der Waals surface area (Å²) < 4.78 is 58.7. The van der Waals surface area contributed by atoms with Gasteiger partial charge in [-0.2, -0.15) is 0 Å². The molecule has 49 heavy (non-hydrogen) atoms. The second kappa shape index (κ2) is 16.4. The quantitative estimate of drug-likeness (QED) is 0.106. The molecule has 16 nitrogen and oxygen atoms in total. The summed E-state index contributed by atoms with van der Waals surface area (Å²) in [6.07, 6.45) is 4.57. The number of carbonyl (C=O) groups excluding carboxylic acids is 1. The highest BCUT2D eigenvalue weighted by atomic mass is 32.1. The minimum absolute atomic E-state index is 0.0984. The van der Waals surface area contributed by atoms with Gasteiger partial charge in [0, 0.05) is 33.5 Å². The Morgan fingerprint density at radius 2 is 1.69 bits per heavy atom. The second-order valence-corrected chi connectivity index (χ2v) is 14.4. The van der Waals surface area contributed by atoms with Crippen LogP contribution in [0.2, 0.25) is 0 Å². The highest BCUT2D eigenvalue weighted by Crippen LogP contribution is 2.41. The summed E-state index contributed by atoms with van der Waals surface area (Å²) in [5.74, 6) is -3.37. The van der Waals surface area contributed by atoms with E-state index >= 15 is 0 Å². The number of aromatic nitrogens is 1. The molecule has 0 saturated carbocycles. The molecule has 270 valence electrons. The third kappa shape index (κ3) is 9.57. The van der Waals surface area contributed by atoms with E-state index in [0.29, 0.717) is 17.0 Å². The molecule has 19 heteroatoms. The first-order valence-electron chi connectivity index (χ1n) is 15.8. The maximum Gasteiger partial charge on any atom is 0.699 e. The predicted molar refractivity (Wildman–Crippen MR) is 175 cm³/mol. The summed E-state index contributed by atoms with van der Waals surface area (Å²) >= 11 is 1.49. The molecule has 3 heterocycles. The Morgan fingerprint density at radius 1 is 1.08 bits per heavy atom. The van der Waals surface area contributed by atoms with Crippen molar-refractivity contribution in [3.8, 4) is 0 Å². The fraction of sp³-hybridized carbons (Fsp3) is 0.600. The number of benzene rings is 1. The van der Waals surface area contributed by atoms with Crippen molar-refractivity contribution in [3.63, 3.8) is 0 Å². The number of hydrogen-bond acceptors (Lipinski definition) is 14.